The highest BCUT2D eigenvalue weighted by atomic mass is 16.3. The molecular weight excluding hydrogens is 218 g/mol. The van der Waals surface area contributed by atoms with E-state index in [2.05, 4.69) is 0 Å². The van der Waals surface area contributed by atoms with Gasteiger partial charge >= 0.3 is 0 Å². The normalized spacial score (nSPS) is 43.4. The third-order valence-electron chi connectivity index (χ3n) is 4.33. The predicted molar refractivity (Wildman–Crippen MR) is 64.3 cm³/mol. The monoisotopic (exact) mass is 241 g/mol. The van der Waals surface area contributed by atoms with Gasteiger partial charge in [-0.3, -0.25) is 4.79 Å². The van der Waals surface area contributed by atoms with Crippen LogP contribution in [0.1, 0.15) is 44.9 Å². The van der Waals surface area contributed by atoms with Crippen LogP contribution in [0.4, 0.5) is 0 Å². The van der Waals surface area contributed by atoms with E-state index in [1.807, 2.05) is 0 Å². The predicted octanol–water partition coefficient (Wildman–Crippen LogP) is 0.595. The summed E-state index contributed by atoms with van der Waals surface area (Å²) in [6.45, 7) is 0. The lowest BCUT2D eigenvalue weighted by Crippen LogP contribution is -2.41. The molecule has 4 N–H and O–H groups in total. The first-order valence-electron chi connectivity index (χ1n) is 6.73. The molecule has 2 saturated carbocycles. The van der Waals surface area contributed by atoms with Gasteiger partial charge in [0.1, 0.15) is 5.78 Å². The Hall–Kier alpha value is -0.450. The van der Waals surface area contributed by atoms with Crippen molar-refractivity contribution in [1.29, 1.82) is 0 Å². The molecule has 0 aromatic heterocycles. The lowest BCUT2D eigenvalue weighted by atomic mass is 9.74. The van der Waals surface area contributed by atoms with Crippen molar-refractivity contribution in [1.82, 2.24) is 0 Å². The highest BCUT2D eigenvalue weighted by Crippen LogP contribution is 2.32. The molecule has 2 aliphatic carbocycles. The van der Waals surface area contributed by atoms with Crippen LogP contribution in [0.5, 0.6) is 0 Å². The van der Waals surface area contributed by atoms with Crippen LogP contribution in [-0.4, -0.2) is 34.2 Å². The molecule has 0 amide bonds. The van der Waals surface area contributed by atoms with E-state index in [1.165, 1.54) is 0 Å². The smallest absolute Gasteiger partial charge is 0.141 e. The van der Waals surface area contributed by atoms with Crippen LogP contribution in [0.3, 0.4) is 0 Å². The number of carbonyl (C=O) groups is 1. The van der Waals surface area contributed by atoms with Gasteiger partial charge in [0.2, 0.25) is 0 Å². The summed E-state index contributed by atoms with van der Waals surface area (Å²) in [5.41, 5.74) is 5.83. The van der Waals surface area contributed by atoms with Gasteiger partial charge in [-0.25, -0.2) is 0 Å². The molecule has 0 radical (unpaired) electrons. The number of aliphatic hydroxyl groups excluding tert-OH is 2. The minimum Gasteiger partial charge on any atom is -0.393 e. The van der Waals surface area contributed by atoms with Crippen molar-refractivity contribution in [2.24, 2.45) is 17.6 Å². The number of ketones is 1. The SMILES string of the molecule is NC1CCC(C(=O)C2CCC(O)CC2O)CC1. The molecule has 3 atom stereocenters. The first-order valence-corrected chi connectivity index (χ1v) is 6.73. The fourth-order valence-electron chi connectivity index (χ4n) is 3.16. The molecular formula is C13H23NO3. The van der Waals surface area contributed by atoms with Crippen molar-refractivity contribution >= 4 is 5.78 Å². The van der Waals surface area contributed by atoms with Crippen LogP contribution in [0.2, 0.25) is 0 Å². The maximum atomic E-state index is 12.3. The minimum atomic E-state index is -0.651. The second-order valence-electron chi connectivity index (χ2n) is 5.65. The largest absolute Gasteiger partial charge is 0.393 e. The Morgan fingerprint density at radius 1 is 1.00 bits per heavy atom. The van der Waals surface area contributed by atoms with Gasteiger partial charge < -0.3 is 15.9 Å². The molecule has 2 rings (SSSR count). The Kier molecular flexibility index (Phi) is 4.17. The zero-order valence-electron chi connectivity index (χ0n) is 10.2. The summed E-state index contributed by atoms with van der Waals surface area (Å²) < 4.78 is 0. The molecule has 17 heavy (non-hydrogen) atoms. The van der Waals surface area contributed by atoms with E-state index >= 15 is 0 Å². The van der Waals surface area contributed by atoms with Crippen molar-refractivity contribution < 1.29 is 15.0 Å². The zero-order chi connectivity index (χ0) is 12.4. The maximum Gasteiger partial charge on any atom is 0.141 e. The van der Waals surface area contributed by atoms with Crippen LogP contribution in [0, 0.1) is 11.8 Å². The standard InChI is InChI=1S/C13H23NO3/c14-9-3-1-8(2-4-9)13(17)11-6-5-10(15)7-12(11)16/h8-12,15-16H,1-7,14H2. The molecule has 0 heterocycles. The summed E-state index contributed by atoms with van der Waals surface area (Å²) >= 11 is 0. The molecule has 0 aromatic rings. The van der Waals surface area contributed by atoms with Crippen LogP contribution in [0.15, 0.2) is 0 Å². The van der Waals surface area contributed by atoms with E-state index in [0.717, 1.165) is 25.7 Å². The summed E-state index contributed by atoms with van der Waals surface area (Å²) in [5.74, 6) is 0.0405. The molecule has 3 unspecified atom stereocenters. The molecule has 2 aliphatic rings. The zero-order valence-corrected chi connectivity index (χ0v) is 10.2. The molecule has 0 aliphatic heterocycles. The highest BCUT2D eigenvalue weighted by molar-refractivity contribution is 5.84. The summed E-state index contributed by atoms with van der Waals surface area (Å²) in [5, 5.41) is 19.3. The second kappa shape index (κ2) is 5.46. The summed E-state index contributed by atoms with van der Waals surface area (Å²) in [7, 11) is 0. The molecule has 0 aromatic carbocycles. The van der Waals surface area contributed by atoms with Crippen molar-refractivity contribution in [3.63, 3.8) is 0 Å². The maximum absolute atomic E-state index is 12.3. The molecule has 0 bridgehead atoms. The van der Waals surface area contributed by atoms with Crippen LogP contribution in [0.25, 0.3) is 0 Å². The molecule has 2 fully saturated rings. The second-order valence-corrected chi connectivity index (χ2v) is 5.65. The Balaban J connectivity index is 1.91. The fraction of sp³-hybridized carbons (Fsp3) is 0.923. The van der Waals surface area contributed by atoms with Crippen molar-refractivity contribution in [3.05, 3.63) is 0 Å². The highest BCUT2D eigenvalue weighted by Gasteiger charge is 2.37. The molecule has 98 valence electrons. The molecule has 4 heteroatoms. The molecule has 4 nitrogen and oxygen atoms in total. The van der Waals surface area contributed by atoms with Crippen molar-refractivity contribution in [2.75, 3.05) is 0 Å². The first kappa shape index (κ1) is 13.0. The Bertz CT molecular complexity index is 274. The van der Waals surface area contributed by atoms with Gasteiger partial charge in [0, 0.05) is 17.9 Å². The van der Waals surface area contributed by atoms with E-state index in [1.54, 1.807) is 0 Å². The van der Waals surface area contributed by atoms with Gasteiger partial charge in [-0.15, -0.1) is 0 Å². The number of nitrogens with two attached hydrogens (primary N) is 1. The molecule has 0 saturated heterocycles. The van der Waals surface area contributed by atoms with Gasteiger partial charge in [-0.05, 0) is 44.9 Å². The van der Waals surface area contributed by atoms with Crippen LogP contribution in [-0.2, 0) is 4.79 Å². The third kappa shape index (κ3) is 3.06. The quantitative estimate of drug-likeness (QED) is 0.661. The number of hydrogen-bond donors (Lipinski definition) is 3. The van der Waals surface area contributed by atoms with E-state index < -0.39 is 12.2 Å². The number of Topliss-reactive ketones (excluding diaryl/α,β-unsaturated/α-hetero) is 1. The number of carbonyl (C=O) groups excluding carboxylic acids is 1. The number of hydrogen-bond acceptors (Lipinski definition) is 4. The van der Waals surface area contributed by atoms with Gasteiger partial charge in [0.05, 0.1) is 12.2 Å². The average molecular weight is 241 g/mol. The Morgan fingerprint density at radius 2 is 1.65 bits per heavy atom. The van der Waals surface area contributed by atoms with Gasteiger partial charge in [-0.2, -0.15) is 0 Å². The van der Waals surface area contributed by atoms with Crippen LogP contribution >= 0.6 is 0 Å². The summed E-state index contributed by atoms with van der Waals surface area (Å²) in [6.07, 6.45) is 4.10. The van der Waals surface area contributed by atoms with E-state index in [4.69, 9.17) is 5.73 Å². The van der Waals surface area contributed by atoms with E-state index in [-0.39, 0.29) is 23.7 Å². The third-order valence-corrected chi connectivity index (χ3v) is 4.33. The number of aliphatic hydroxyl groups is 2. The topological polar surface area (TPSA) is 83.6 Å². The fourth-order valence-corrected chi connectivity index (χ4v) is 3.16. The Morgan fingerprint density at radius 3 is 2.24 bits per heavy atom. The van der Waals surface area contributed by atoms with Crippen LogP contribution < -0.4 is 5.73 Å². The van der Waals surface area contributed by atoms with Gasteiger partial charge in [0.25, 0.3) is 0 Å². The number of rotatable bonds is 2. The van der Waals surface area contributed by atoms with Gasteiger partial charge in [0.15, 0.2) is 0 Å². The summed E-state index contributed by atoms with van der Waals surface area (Å²) in [4.78, 5) is 12.3. The van der Waals surface area contributed by atoms with Crippen molar-refractivity contribution in [3.8, 4) is 0 Å². The van der Waals surface area contributed by atoms with E-state index in [0.29, 0.717) is 19.3 Å². The minimum absolute atomic E-state index is 0.0877. The van der Waals surface area contributed by atoms with Crippen molar-refractivity contribution in [2.45, 2.75) is 63.2 Å². The lowest BCUT2D eigenvalue weighted by molar-refractivity contribution is -0.134. The van der Waals surface area contributed by atoms with Gasteiger partial charge in [-0.1, -0.05) is 0 Å². The average Bonchev–Trinajstić information content (AvgIpc) is 2.29. The first-order chi connectivity index (χ1) is 8.08. The summed E-state index contributed by atoms with van der Waals surface area (Å²) in [6, 6.07) is 0.247. The lowest BCUT2D eigenvalue weighted by Gasteiger charge is -2.34. The Labute approximate surface area is 102 Å². The molecule has 0 spiro atoms. The van der Waals surface area contributed by atoms with E-state index in [9.17, 15) is 15.0 Å².